The number of rotatable bonds is 6. The van der Waals surface area contributed by atoms with Gasteiger partial charge in [-0.3, -0.25) is 4.90 Å². The molecule has 2 rings (SSSR count). The SMILES string of the molecule is CCN(Cc1cc(OC)ccc1F)Cc1nccn1C. The molecule has 0 amide bonds. The average Bonchev–Trinajstić information content (AvgIpc) is 2.85. The summed E-state index contributed by atoms with van der Waals surface area (Å²) in [6.45, 7) is 4.10. The van der Waals surface area contributed by atoms with Gasteiger partial charge >= 0.3 is 0 Å². The van der Waals surface area contributed by atoms with Crippen molar-refractivity contribution < 1.29 is 9.13 Å². The summed E-state index contributed by atoms with van der Waals surface area (Å²) in [7, 11) is 3.55. The second-order valence-electron chi connectivity index (χ2n) is 4.71. The van der Waals surface area contributed by atoms with E-state index in [0.717, 1.165) is 12.4 Å². The first-order chi connectivity index (χ1) is 9.63. The zero-order chi connectivity index (χ0) is 14.5. The molecule has 108 valence electrons. The summed E-state index contributed by atoms with van der Waals surface area (Å²) in [5, 5.41) is 0. The lowest BCUT2D eigenvalue weighted by atomic mass is 10.2. The third-order valence-corrected chi connectivity index (χ3v) is 3.38. The maximum atomic E-state index is 13.9. The average molecular weight is 277 g/mol. The van der Waals surface area contributed by atoms with E-state index in [9.17, 15) is 4.39 Å². The van der Waals surface area contributed by atoms with Crippen molar-refractivity contribution in [3.63, 3.8) is 0 Å². The van der Waals surface area contributed by atoms with Crippen LogP contribution in [0.5, 0.6) is 5.75 Å². The lowest BCUT2D eigenvalue weighted by Crippen LogP contribution is -2.24. The standard InChI is InChI=1S/C15H20FN3O/c1-4-19(11-15-17-7-8-18(15)2)10-12-9-13(20-3)5-6-14(12)16/h5-9H,4,10-11H2,1-3H3. The highest BCUT2D eigenvalue weighted by atomic mass is 19.1. The highest BCUT2D eigenvalue weighted by molar-refractivity contribution is 5.29. The van der Waals surface area contributed by atoms with Crippen LogP contribution >= 0.6 is 0 Å². The Morgan fingerprint density at radius 1 is 1.35 bits per heavy atom. The van der Waals surface area contributed by atoms with Crippen molar-refractivity contribution in [1.29, 1.82) is 0 Å². The highest BCUT2D eigenvalue weighted by Gasteiger charge is 2.11. The largest absolute Gasteiger partial charge is 0.497 e. The van der Waals surface area contributed by atoms with Crippen LogP contribution in [0.4, 0.5) is 4.39 Å². The van der Waals surface area contributed by atoms with E-state index in [0.29, 0.717) is 24.4 Å². The molecule has 1 aromatic carbocycles. The van der Waals surface area contributed by atoms with E-state index in [4.69, 9.17) is 4.74 Å². The summed E-state index contributed by atoms with van der Waals surface area (Å²) < 4.78 is 21.0. The van der Waals surface area contributed by atoms with Crippen molar-refractivity contribution in [2.45, 2.75) is 20.0 Å². The first kappa shape index (κ1) is 14.5. The van der Waals surface area contributed by atoms with Crippen LogP contribution in [0.3, 0.4) is 0 Å². The topological polar surface area (TPSA) is 30.3 Å². The Balaban J connectivity index is 2.12. The maximum Gasteiger partial charge on any atom is 0.127 e. The van der Waals surface area contributed by atoms with Crippen LogP contribution in [0.2, 0.25) is 0 Å². The Kier molecular flexibility index (Phi) is 4.74. The summed E-state index contributed by atoms with van der Waals surface area (Å²) in [6.07, 6.45) is 3.69. The molecule has 4 nitrogen and oxygen atoms in total. The number of ether oxygens (including phenoxy) is 1. The predicted molar refractivity (Wildman–Crippen MR) is 75.9 cm³/mol. The van der Waals surface area contributed by atoms with Crippen LogP contribution in [0.25, 0.3) is 0 Å². The van der Waals surface area contributed by atoms with Crippen molar-refractivity contribution in [2.24, 2.45) is 7.05 Å². The number of methoxy groups -OCH3 is 1. The zero-order valence-electron chi connectivity index (χ0n) is 12.1. The highest BCUT2D eigenvalue weighted by Crippen LogP contribution is 2.18. The number of nitrogens with zero attached hydrogens (tertiary/aromatic N) is 3. The fourth-order valence-electron chi connectivity index (χ4n) is 2.07. The van der Waals surface area contributed by atoms with E-state index in [1.165, 1.54) is 6.07 Å². The van der Waals surface area contributed by atoms with E-state index >= 15 is 0 Å². The summed E-state index contributed by atoms with van der Waals surface area (Å²) in [6, 6.07) is 4.83. The molecule has 0 fully saturated rings. The predicted octanol–water partition coefficient (Wildman–Crippen LogP) is 2.59. The molecule has 0 saturated carbocycles. The number of aryl methyl sites for hydroxylation is 1. The van der Waals surface area contributed by atoms with Crippen molar-refractivity contribution in [2.75, 3.05) is 13.7 Å². The number of benzene rings is 1. The monoisotopic (exact) mass is 277 g/mol. The van der Waals surface area contributed by atoms with Crippen LogP contribution in [0.15, 0.2) is 30.6 Å². The van der Waals surface area contributed by atoms with E-state index < -0.39 is 0 Å². The molecule has 0 N–H and O–H groups in total. The quantitative estimate of drug-likeness (QED) is 0.813. The van der Waals surface area contributed by atoms with Gasteiger partial charge in [0.25, 0.3) is 0 Å². The number of aromatic nitrogens is 2. The van der Waals surface area contributed by atoms with Crippen molar-refractivity contribution >= 4 is 0 Å². The Morgan fingerprint density at radius 2 is 2.15 bits per heavy atom. The minimum absolute atomic E-state index is 0.205. The Morgan fingerprint density at radius 3 is 2.75 bits per heavy atom. The fraction of sp³-hybridized carbons (Fsp3) is 0.400. The smallest absolute Gasteiger partial charge is 0.127 e. The van der Waals surface area contributed by atoms with E-state index in [1.54, 1.807) is 25.4 Å². The van der Waals surface area contributed by atoms with E-state index in [1.807, 2.05) is 17.8 Å². The second kappa shape index (κ2) is 6.52. The summed E-state index contributed by atoms with van der Waals surface area (Å²) in [5.41, 5.74) is 0.639. The first-order valence-electron chi connectivity index (χ1n) is 6.65. The number of hydrogen-bond acceptors (Lipinski definition) is 3. The molecule has 0 unspecified atom stereocenters. The Bertz CT molecular complexity index is 568. The molecule has 0 bridgehead atoms. The van der Waals surface area contributed by atoms with E-state index in [2.05, 4.69) is 16.8 Å². The molecule has 0 spiro atoms. The molecule has 0 atom stereocenters. The molecule has 0 aliphatic rings. The molecule has 0 saturated heterocycles. The van der Waals surface area contributed by atoms with Gasteiger partial charge in [0, 0.05) is 31.5 Å². The minimum Gasteiger partial charge on any atom is -0.497 e. The Hall–Kier alpha value is -1.88. The van der Waals surface area contributed by atoms with Gasteiger partial charge in [-0.25, -0.2) is 9.37 Å². The first-order valence-corrected chi connectivity index (χ1v) is 6.65. The van der Waals surface area contributed by atoms with E-state index in [-0.39, 0.29) is 5.82 Å². The Labute approximate surface area is 118 Å². The summed E-state index contributed by atoms with van der Waals surface area (Å²) >= 11 is 0. The summed E-state index contributed by atoms with van der Waals surface area (Å²) in [4.78, 5) is 6.44. The van der Waals surface area contributed by atoms with Crippen LogP contribution in [-0.2, 0) is 20.1 Å². The molecular weight excluding hydrogens is 257 g/mol. The van der Waals surface area contributed by atoms with Crippen molar-refractivity contribution in [3.8, 4) is 5.75 Å². The van der Waals surface area contributed by atoms with Gasteiger partial charge in [-0.1, -0.05) is 6.92 Å². The van der Waals surface area contributed by atoms with Crippen molar-refractivity contribution in [3.05, 3.63) is 47.8 Å². The molecule has 2 aromatic rings. The maximum absolute atomic E-state index is 13.9. The van der Waals surface area contributed by atoms with Crippen molar-refractivity contribution in [1.82, 2.24) is 14.5 Å². The van der Waals surface area contributed by atoms with Gasteiger partial charge in [0.05, 0.1) is 13.7 Å². The van der Waals surface area contributed by atoms with Gasteiger partial charge < -0.3 is 9.30 Å². The molecule has 1 aromatic heterocycles. The summed E-state index contributed by atoms with van der Waals surface area (Å²) in [5.74, 6) is 1.44. The molecule has 5 heteroatoms. The molecule has 0 aliphatic carbocycles. The van der Waals surface area contributed by atoms with Crippen LogP contribution < -0.4 is 4.74 Å². The normalized spacial score (nSPS) is 11.1. The van der Waals surface area contributed by atoms with Gasteiger partial charge in [0.1, 0.15) is 17.4 Å². The lowest BCUT2D eigenvalue weighted by molar-refractivity contribution is 0.257. The lowest BCUT2D eigenvalue weighted by Gasteiger charge is -2.20. The molecule has 0 aliphatic heterocycles. The molecule has 20 heavy (non-hydrogen) atoms. The fourth-order valence-corrected chi connectivity index (χ4v) is 2.07. The molecule has 1 heterocycles. The third kappa shape index (κ3) is 3.36. The van der Waals surface area contributed by atoms with Gasteiger partial charge in [0.15, 0.2) is 0 Å². The number of hydrogen-bond donors (Lipinski definition) is 0. The van der Waals surface area contributed by atoms with Gasteiger partial charge in [-0.15, -0.1) is 0 Å². The van der Waals surface area contributed by atoms with Crippen LogP contribution in [-0.4, -0.2) is 28.1 Å². The zero-order valence-corrected chi connectivity index (χ0v) is 12.1. The molecule has 0 radical (unpaired) electrons. The second-order valence-corrected chi connectivity index (χ2v) is 4.71. The van der Waals surface area contributed by atoms with Gasteiger partial charge in [0.2, 0.25) is 0 Å². The van der Waals surface area contributed by atoms with Gasteiger partial charge in [-0.05, 0) is 24.7 Å². The molecular formula is C15H20FN3O. The van der Waals surface area contributed by atoms with Crippen LogP contribution in [0.1, 0.15) is 18.3 Å². The number of imidazole rings is 1. The van der Waals surface area contributed by atoms with Gasteiger partial charge in [-0.2, -0.15) is 0 Å². The minimum atomic E-state index is -0.205. The third-order valence-electron chi connectivity index (χ3n) is 3.38. The van der Waals surface area contributed by atoms with Crippen LogP contribution in [0, 0.1) is 5.82 Å². The number of halogens is 1.